The summed E-state index contributed by atoms with van der Waals surface area (Å²) in [4.78, 5) is 11.4. The first-order valence-corrected chi connectivity index (χ1v) is 6.75. The zero-order valence-corrected chi connectivity index (χ0v) is 12.3. The smallest absolute Gasteiger partial charge is 0.251 e. The van der Waals surface area contributed by atoms with Crippen LogP contribution in [0.1, 0.15) is 15.9 Å². The molecule has 20 heavy (non-hydrogen) atoms. The minimum atomic E-state index is -0.134. The van der Waals surface area contributed by atoms with Gasteiger partial charge in [0.2, 0.25) is 0 Å². The van der Waals surface area contributed by atoms with E-state index < -0.39 is 0 Å². The van der Waals surface area contributed by atoms with Crippen molar-refractivity contribution in [2.45, 2.75) is 6.61 Å². The van der Waals surface area contributed by atoms with Crippen LogP contribution in [0, 0.1) is 0 Å². The van der Waals surface area contributed by atoms with Crippen molar-refractivity contribution in [3.05, 3.63) is 63.6 Å². The predicted octanol–water partition coefficient (Wildman–Crippen LogP) is 3.93. The Morgan fingerprint density at radius 3 is 2.25 bits per heavy atom. The molecule has 1 N–H and O–H groups in total. The third-order valence-corrected chi connectivity index (χ3v) is 3.50. The Morgan fingerprint density at radius 1 is 1.10 bits per heavy atom. The molecule has 5 heteroatoms. The molecule has 0 unspecified atom stereocenters. The minimum absolute atomic E-state index is 0.134. The Morgan fingerprint density at radius 2 is 1.70 bits per heavy atom. The highest BCUT2D eigenvalue weighted by Gasteiger charge is 2.07. The number of carbonyl (C=O) groups excluding carboxylic acids is 1. The molecule has 2 aromatic carbocycles. The average molecular weight is 310 g/mol. The van der Waals surface area contributed by atoms with Crippen LogP contribution >= 0.6 is 23.2 Å². The Hall–Kier alpha value is -1.71. The number of carbonyl (C=O) groups is 1. The molecule has 0 aliphatic rings. The highest BCUT2D eigenvalue weighted by Crippen LogP contribution is 2.25. The lowest BCUT2D eigenvalue weighted by atomic mass is 10.2. The molecule has 1 amide bonds. The zero-order valence-electron chi connectivity index (χ0n) is 10.8. The van der Waals surface area contributed by atoms with Gasteiger partial charge >= 0.3 is 0 Å². The summed E-state index contributed by atoms with van der Waals surface area (Å²) in [6.45, 7) is 0.276. The summed E-state index contributed by atoms with van der Waals surface area (Å²) in [5, 5.41) is 3.70. The molecule has 0 fully saturated rings. The molecule has 0 heterocycles. The molecule has 0 radical (unpaired) electrons. The van der Waals surface area contributed by atoms with Crippen molar-refractivity contribution >= 4 is 29.1 Å². The Kier molecular flexibility index (Phi) is 4.88. The molecule has 0 aliphatic heterocycles. The van der Waals surface area contributed by atoms with Crippen LogP contribution in [0.5, 0.6) is 5.75 Å². The molecule has 3 nitrogen and oxygen atoms in total. The van der Waals surface area contributed by atoms with E-state index in [0.717, 1.165) is 5.56 Å². The van der Waals surface area contributed by atoms with Crippen LogP contribution in [-0.4, -0.2) is 13.0 Å². The Bertz CT molecular complexity index is 592. The fourth-order valence-corrected chi connectivity index (χ4v) is 2.18. The Balaban J connectivity index is 2.06. The first-order valence-electron chi connectivity index (χ1n) is 5.99. The zero-order chi connectivity index (χ0) is 14.5. The van der Waals surface area contributed by atoms with Gasteiger partial charge in [0, 0.05) is 28.2 Å². The van der Waals surface area contributed by atoms with Gasteiger partial charge in [-0.1, -0.05) is 29.3 Å². The molecule has 0 aliphatic carbocycles. The van der Waals surface area contributed by atoms with Gasteiger partial charge in [-0.2, -0.15) is 0 Å². The van der Waals surface area contributed by atoms with Crippen LogP contribution in [0.2, 0.25) is 10.0 Å². The summed E-state index contributed by atoms with van der Waals surface area (Å²) < 4.78 is 5.62. The fraction of sp³-hybridized carbons (Fsp3) is 0.133. The maximum Gasteiger partial charge on any atom is 0.251 e. The third kappa shape index (κ3) is 3.44. The van der Waals surface area contributed by atoms with Gasteiger partial charge < -0.3 is 10.1 Å². The van der Waals surface area contributed by atoms with Crippen LogP contribution in [0.15, 0.2) is 42.5 Å². The Labute approximate surface area is 127 Å². The topological polar surface area (TPSA) is 38.3 Å². The molecule has 104 valence electrons. The summed E-state index contributed by atoms with van der Waals surface area (Å²) in [6.07, 6.45) is 0. The van der Waals surface area contributed by atoms with E-state index in [0.29, 0.717) is 21.4 Å². The van der Waals surface area contributed by atoms with E-state index in [1.165, 1.54) is 0 Å². The normalized spacial score (nSPS) is 10.2. The van der Waals surface area contributed by atoms with Gasteiger partial charge in [-0.3, -0.25) is 4.79 Å². The van der Waals surface area contributed by atoms with E-state index in [1.54, 1.807) is 49.5 Å². The largest absolute Gasteiger partial charge is 0.489 e. The van der Waals surface area contributed by atoms with Crippen molar-refractivity contribution in [3.63, 3.8) is 0 Å². The number of benzene rings is 2. The van der Waals surface area contributed by atoms with Crippen molar-refractivity contribution in [2.24, 2.45) is 0 Å². The number of halogens is 2. The van der Waals surface area contributed by atoms with Gasteiger partial charge in [0.15, 0.2) is 0 Å². The summed E-state index contributed by atoms with van der Waals surface area (Å²) >= 11 is 12.1. The van der Waals surface area contributed by atoms with E-state index in [1.807, 2.05) is 0 Å². The van der Waals surface area contributed by atoms with Crippen molar-refractivity contribution in [2.75, 3.05) is 7.05 Å². The molecular formula is C15H13Cl2NO2. The lowest BCUT2D eigenvalue weighted by molar-refractivity contribution is 0.0963. The highest BCUT2D eigenvalue weighted by molar-refractivity contribution is 6.35. The summed E-state index contributed by atoms with van der Waals surface area (Å²) in [5.74, 6) is 0.513. The number of ether oxygens (including phenoxy) is 1. The molecule has 2 rings (SSSR count). The van der Waals surface area contributed by atoms with Crippen molar-refractivity contribution in [3.8, 4) is 5.75 Å². The number of rotatable bonds is 4. The summed E-state index contributed by atoms with van der Waals surface area (Å²) in [7, 11) is 1.59. The van der Waals surface area contributed by atoms with Crippen LogP contribution in [0.4, 0.5) is 0 Å². The number of hydrogen-bond acceptors (Lipinski definition) is 2. The molecular weight excluding hydrogens is 297 g/mol. The van der Waals surface area contributed by atoms with Gasteiger partial charge in [-0.25, -0.2) is 0 Å². The second kappa shape index (κ2) is 6.64. The fourth-order valence-electron chi connectivity index (χ4n) is 1.67. The van der Waals surface area contributed by atoms with E-state index in [-0.39, 0.29) is 12.5 Å². The van der Waals surface area contributed by atoms with Gasteiger partial charge in [-0.15, -0.1) is 0 Å². The monoisotopic (exact) mass is 309 g/mol. The van der Waals surface area contributed by atoms with Gasteiger partial charge in [0.05, 0.1) is 0 Å². The second-order valence-electron chi connectivity index (χ2n) is 4.09. The van der Waals surface area contributed by atoms with Crippen LogP contribution < -0.4 is 10.1 Å². The van der Waals surface area contributed by atoms with Gasteiger partial charge in [0.1, 0.15) is 12.4 Å². The standard InChI is InChI=1S/C15H13Cl2NO2/c1-18-15(19)10-5-7-11(8-6-10)20-9-12-13(16)3-2-4-14(12)17/h2-8H,9H2,1H3,(H,18,19). The van der Waals surface area contributed by atoms with Crippen molar-refractivity contribution < 1.29 is 9.53 Å². The van der Waals surface area contributed by atoms with E-state index in [9.17, 15) is 4.79 Å². The third-order valence-electron chi connectivity index (χ3n) is 2.79. The second-order valence-corrected chi connectivity index (χ2v) is 4.91. The van der Waals surface area contributed by atoms with Crippen LogP contribution in [0.3, 0.4) is 0 Å². The van der Waals surface area contributed by atoms with Gasteiger partial charge in [0.25, 0.3) is 5.91 Å². The molecule has 0 atom stereocenters. The molecule has 0 aromatic heterocycles. The van der Waals surface area contributed by atoms with E-state index in [4.69, 9.17) is 27.9 Å². The summed E-state index contributed by atoms with van der Waals surface area (Å²) in [5.41, 5.74) is 1.32. The number of nitrogens with one attached hydrogen (secondary N) is 1. The first kappa shape index (κ1) is 14.7. The number of amides is 1. The number of hydrogen-bond donors (Lipinski definition) is 1. The quantitative estimate of drug-likeness (QED) is 0.929. The summed E-state index contributed by atoms with van der Waals surface area (Å²) in [6, 6.07) is 12.2. The maximum atomic E-state index is 11.4. The van der Waals surface area contributed by atoms with Gasteiger partial charge in [-0.05, 0) is 36.4 Å². The molecule has 0 spiro atoms. The van der Waals surface area contributed by atoms with Crippen LogP contribution in [0.25, 0.3) is 0 Å². The lowest BCUT2D eigenvalue weighted by Gasteiger charge is -2.09. The first-order chi connectivity index (χ1) is 9.61. The highest BCUT2D eigenvalue weighted by atomic mass is 35.5. The minimum Gasteiger partial charge on any atom is -0.489 e. The maximum absolute atomic E-state index is 11.4. The predicted molar refractivity (Wildman–Crippen MR) is 80.6 cm³/mol. The molecule has 0 saturated heterocycles. The molecule has 0 bridgehead atoms. The van der Waals surface area contributed by atoms with E-state index >= 15 is 0 Å². The molecule has 0 saturated carbocycles. The molecule has 2 aromatic rings. The van der Waals surface area contributed by atoms with Crippen LogP contribution in [-0.2, 0) is 6.61 Å². The van der Waals surface area contributed by atoms with Crippen molar-refractivity contribution in [1.82, 2.24) is 5.32 Å². The lowest BCUT2D eigenvalue weighted by Crippen LogP contribution is -2.17. The van der Waals surface area contributed by atoms with Crippen molar-refractivity contribution in [1.29, 1.82) is 0 Å². The van der Waals surface area contributed by atoms with E-state index in [2.05, 4.69) is 5.32 Å². The SMILES string of the molecule is CNC(=O)c1ccc(OCc2c(Cl)cccc2Cl)cc1. The average Bonchev–Trinajstić information content (AvgIpc) is 2.46.